The fourth-order valence-corrected chi connectivity index (χ4v) is 2.79. The highest BCUT2D eigenvalue weighted by Gasteiger charge is 2.44. The summed E-state index contributed by atoms with van der Waals surface area (Å²) in [5.74, 6) is 0.000559. The molecule has 0 saturated carbocycles. The van der Waals surface area contributed by atoms with Crippen LogP contribution in [0, 0.1) is 5.92 Å². The van der Waals surface area contributed by atoms with Gasteiger partial charge in [-0.25, -0.2) is 0 Å². The average Bonchev–Trinajstić information content (AvgIpc) is 2.58. The van der Waals surface area contributed by atoms with Gasteiger partial charge in [0.1, 0.15) is 12.2 Å². The molecule has 1 N–H and O–H groups in total. The second-order valence-corrected chi connectivity index (χ2v) is 6.73. The van der Waals surface area contributed by atoms with Gasteiger partial charge in [-0.2, -0.15) is 0 Å². The van der Waals surface area contributed by atoms with E-state index >= 15 is 0 Å². The smallest absolute Gasteiger partial charge is 0.163 e. The number of aliphatic hydroxyl groups excluding tert-OH is 1. The minimum atomic E-state index is -0.676. The molecule has 1 aliphatic rings. The molecule has 1 saturated heterocycles. The summed E-state index contributed by atoms with van der Waals surface area (Å²) in [6.45, 7) is 10.8. The normalized spacial score (nSPS) is 30.6. The first-order valence-corrected chi connectivity index (χ1v) is 9.80. The zero-order chi connectivity index (χ0) is 17.8. The maximum Gasteiger partial charge on any atom is 0.163 e. The third-order valence-electron chi connectivity index (χ3n) is 4.49. The summed E-state index contributed by atoms with van der Waals surface area (Å²) in [6.07, 6.45) is 4.60. The molecular weight excluding hydrogens is 308 g/mol. The summed E-state index contributed by atoms with van der Waals surface area (Å²) in [4.78, 5) is 0. The Hall–Kier alpha value is -0.200. The number of hydrogen-bond donors (Lipinski definition) is 1. The summed E-state index contributed by atoms with van der Waals surface area (Å²) < 4.78 is 23.6. The van der Waals surface area contributed by atoms with Crippen molar-refractivity contribution in [2.75, 3.05) is 26.4 Å². The Bertz CT molecular complexity index is 299. The molecule has 0 bridgehead atoms. The van der Waals surface area contributed by atoms with Gasteiger partial charge in [-0.05, 0) is 19.3 Å². The number of rotatable bonds is 13. The maximum atomic E-state index is 10.7. The average molecular weight is 347 g/mol. The van der Waals surface area contributed by atoms with E-state index in [1.807, 2.05) is 6.92 Å². The van der Waals surface area contributed by atoms with Crippen molar-refractivity contribution >= 4 is 0 Å². The molecule has 5 nitrogen and oxygen atoms in total. The molecule has 1 heterocycles. The standard InChI is InChI=1S/C19H38O5/c1-5-8-11-21-14-16-17(20)18(22-12-9-6-2)15(4)19(24-16)23-13-10-7-3/h15-20H,5-14H2,1-4H3/t15-,16?,17+,18?,19+/m0/s1. The van der Waals surface area contributed by atoms with Crippen molar-refractivity contribution < 1.29 is 24.1 Å². The van der Waals surface area contributed by atoms with Crippen molar-refractivity contribution in [3.63, 3.8) is 0 Å². The molecule has 0 aromatic heterocycles. The number of aliphatic hydroxyl groups is 1. The predicted octanol–water partition coefficient (Wildman–Crippen LogP) is 3.53. The topological polar surface area (TPSA) is 57.2 Å². The van der Waals surface area contributed by atoms with Crippen molar-refractivity contribution in [1.82, 2.24) is 0 Å². The van der Waals surface area contributed by atoms with Gasteiger partial charge < -0.3 is 24.1 Å². The Kier molecular flexibility index (Phi) is 11.9. The summed E-state index contributed by atoms with van der Waals surface area (Å²) in [7, 11) is 0. The molecule has 0 aliphatic carbocycles. The lowest BCUT2D eigenvalue weighted by molar-refractivity contribution is -0.291. The molecule has 5 heteroatoms. The van der Waals surface area contributed by atoms with Gasteiger partial charge >= 0.3 is 0 Å². The van der Waals surface area contributed by atoms with E-state index < -0.39 is 12.2 Å². The van der Waals surface area contributed by atoms with Gasteiger partial charge in [0.15, 0.2) is 6.29 Å². The molecule has 2 unspecified atom stereocenters. The van der Waals surface area contributed by atoms with Gasteiger partial charge in [0.2, 0.25) is 0 Å². The molecule has 1 rings (SSSR count). The Morgan fingerprint density at radius 1 is 0.875 bits per heavy atom. The lowest BCUT2D eigenvalue weighted by Gasteiger charge is -2.43. The fraction of sp³-hybridized carbons (Fsp3) is 1.00. The van der Waals surface area contributed by atoms with Gasteiger partial charge in [-0.15, -0.1) is 0 Å². The van der Waals surface area contributed by atoms with E-state index in [4.69, 9.17) is 18.9 Å². The Morgan fingerprint density at radius 3 is 2.08 bits per heavy atom. The van der Waals surface area contributed by atoms with Crippen LogP contribution < -0.4 is 0 Å². The Labute approximate surface area is 148 Å². The number of unbranched alkanes of at least 4 members (excludes halogenated alkanes) is 3. The van der Waals surface area contributed by atoms with Crippen LogP contribution in [-0.4, -0.2) is 56.1 Å². The molecular formula is C19H38O5. The van der Waals surface area contributed by atoms with Gasteiger partial charge in [-0.3, -0.25) is 0 Å². The third-order valence-corrected chi connectivity index (χ3v) is 4.49. The Morgan fingerprint density at radius 2 is 1.46 bits per heavy atom. The van der Waals surface area contributed by atoms with Crippen molar-refractivity contribution in [3.05, 3.63) is 0 Å². The van der Waals surface area contributed by atoms with E-state index in [9.17, 15) is 5.11 Å². The first kappa shape index (κ1) is 21.8. The van der Waals surface area contributed by atoms with Crippen LogP contribution in [0.5, 0.6) is 0 Å². The summed E-state index contributed by atoms with van der Waals surface area (Å²) in [5.41, 5.74) is 0. The maximum absolute atomic E-state index is 10.7. The third kappa shape index (κ3) is 7.36. The second kappa shape index (κ2) is 13.1. The highest BCUT2D eigenvalue weighted by atomic mass is 16.7. The second-order valence-electron chi connectivity index (χ2n) is 6.73. The minimum absolute atomic E-state index is 0.000559. The molecule has 24 heavy (non-hydrogen) atoms. The van der Waals surface area contributed by atoms with Crippen LogP contribution in [0.15, 0.2) is 0 Å². The van der Waals surface area contributed by atoms with Crippen LogP contribution in [0.2, 0.25) is 0 Å². The first-order valence-electron chi connectivity index (χ1n) is 9.80. The van der Waals surface area contributed by atoms with E-state index in [0.717, 1.165) is 38.5 Å². The highest BCUT2D eigenvalue weighted by Crippen LogP contribution is 2.29. The van der Waals surface area contributed by atoms with Crippen molar-refractivity contribution in [3.8, 4) is 0 Å². The van der Waals surface area contributed by atoms with Crippen LogP contribution in [0.25, 0.3) is 0 Å². The molecule has 0 aromatic carbocycles. The van der Waals surface area contributed by atoms with Crippen molar-refractivity contribution in [1.29, 1.82) is 0 Å². The van der Waals surface area contributed by atoms with E-state index in [2.05, 4.69) is 20.8 Å². The molecule has 0 amide bonds. The molecule has 1 fully saturated rings. The quantitative estimate of drug-likeness (QED) is 0.517. The monoisotopic (exact) mass is 346 g/mol. The van der Waals surface area contributed by atoms with Gasteiger partial charge in [0, 0.05) is 25.7 Å². The number of hydrogen-bond acceptors (Lipinski definition) is 5. The molecule has 1 aliphatic heterocycles. The zero-order valence-electron chi connectivity index (χ0n) is 16.0. The summed E-state index contributed by atoms with van der Waals surface area (Å²) >= 11 is 0. The lowest BCUT2D eigenvalue weighted by atomic mass is 9.92. The fourth-order valence-electron chi connectivity index (χ4n) is 2.79. The summed E-state index contributed by atoms with van der Waals surface area (Å²) in [5, 5.41) is 10.7. The number of ether oxygens (including phenoxy) is 4. The van der Waals surface area contributed by atoms with Gasteiger partial charge in [-0.1, -0.05) is 47.0 Å². The molecule has 144 valence electrons. The molecule has 0 aromatic rings. The minimum Gasteiger partial charge on any atom is -0.388 e. The molecule has 0 radical (unpaired) electrons. The lowest BCUT2D eigenvalue weighted by Crippen LogP contribution is -2.56. The van der Waals surface area contributed by atoms with E-state index in [-0.39, 0.29) is 18.3 Å². The van der Waals surface area contributed by atoms with Crippen LogP contribution in [0.4, 0.5) is 0 Å². The van der Waals surface area contributed by atoms with Gasteiger partial charge in [0.25, 0.3) is 0 Å². The van der Waals surface area contributed by atoms with Crippen LogP contribution in [0.1, 0.15) is 66.2 Å². The first-order chi connectivity index (χ1) is 11.7. The van der Waals surface area contributed by atoms with E-state index in [1.54, 1.807) is 0 Å². The molecule has 5 atom stereocenters. The van der Waals surface area contributed by atoms with Crippen LogP contribution in [-0.2, 0) is 18.9 Å². The Balaban J connectivity index is 2.60. The van der Waals surface area contributed by atoms with Crippen molar-refractivity contribution in [2.45, 2.75) is 90.8 Å². The highest BCUT2D eigenvalue weighted by molar-refractivity contribution is 4.88. The molecule has 0 spiro atoms. The summed E-state index contributed by atoms with van der Waals surface area (Å²) in [6, 6.07) is 0. The van der Waals surface area contributed by atoms with Crippen LogP contribution in [0.3, 0.4) is 0 Å². The predicted molar refractivity (Wildman–Crippen MR) is 95.1 cm³/mol. The van der Waals surface area contributed by atoms with Gasteiger partial charge in [0.05, 0.1) is 12.7 Å². The zero-order valence-corrected chi connectivity index (χ0v) is 16.0. The van der Waals surface area contributed by atoms with E-state index in [1.165, 1.54) is 0 Å². The van der Waals surface area contributed by atoms with Crippen molar-refractivity contribution in [2.24, 2.45) is 5.92 Å². The van der Waals surface area contributed by atoms with Crippen LogP contribution >= 0.6 is 0 Å². The SMILES string of the molecule is CCCCOCC1O[C@@H](OCCCC)[C@@H](C)C(OCCCC)[C@@H]1O. The van der Waals surface area contributed by atoms with E-state index in [0.29, 0.717) is 26.4 Å². The largest absolute Gasteiger partial charge is 0.388 e.